The largest absolute Gasteiger partial charge is 0.406 e. The topological polar surface area (TPSA) is 104 Å². The van der Waals surface area contributed by atoms with Gasteiger partial charge in [0.1, 0.15) is 0 Å². The average molecular weight is 407 g/mol. The van der Waals surface area contributed by atoms with E-state index in [2.05, 4.69) is 18.6 Å². The Morgan fingerprint density at radius 3 is 2.55 bits per heavy atom. The highest BCUT2D eigenvalue weighted by Gasteiger charge is 2.62. The molecule has 3 N–H and O–H groups in total. The fraction of sp³-hybridized carbons (Fsp3) is 0.826. The van der Waals surface area contributed by atoms with E-state index in [4.69, 9.17) is 0 Å². The quantitative estimate of drug-likeness (QED) is 0.492. The molecule has 0 amide bonds. The lowest BCUT2D eigenvalue weighted by molar-refractivity contribution is -0.369. The minimum Gasteiger partial charge on any atom is -0.406 e. The van der Waals surface area contributed by atoms with Crippen molar-refractivity contribution >= 4 is 11.8 Å². The van der Waals surface area contributed by atoms with Crippen LogP contribution in [0.1, 0.15) is 72.1 Å². The van der Waals surface area contributed by atoms with E-state index in [1.807, 2.05) is 6.08 Å². The maximum absolute atomic E-state index is 12.0. The first-order chi connectivity index (χ1) is 13.5. The number of hydrogen-bond donors (Lipinski definition) is 3. The summed E-state index contributed by atoms with van der Waals surface area (Å²) in [4.78, 5) is 23.2. The second kappa shape index (κ2) is 6.89. The summed E-state index contributed by atoms with van der Waals surface area (Å²) in [5.41, 5.74) is 1.19. The molecule has 0 radical (unpaired) electrons. The summed E-state index contributed by atoms with van der Waals surface area (Å²) < 4.78 is 4.62. The first-order valence-corrected chi connectivity index (χ1v) is 11.1. The van der Waals surface area contributed by atoms with Gasteiger partial charge < -0.3 is 20.1 Å². The molecule has 3 saturated carbocycles. The van der Waals surface area contributed by atoms with Gasteiger partial charge in [-0.05, 0) is 85.5 Å². The molecule has 29 heavy (non-hydrogen) atoms. The number of rotatable bonds is 3. The van der Waals surface area contributed by atoms with Crippen molar-refractivity contribution in [1.82, 2.24) is 0 Å². The van der Waals surface area contributed by atoms with Crippen LogP contribution in [0.25, 0.3) is 0 Å². The molecule has 0 aromatic rings. The Labute approximate surface area is 172 Å². The van der Waals surface area contributed by atoms with Gasteiger partial charge in [0.05, 0.1) is 0 Å². The van der Waals surface area contributed by atoms with Crippen LogP contribution in [0.15, 0.2) is 11.6 Å². The van der Waals surface area contributed by atoms with Gasteiger partial charge in [-0.1, -0.05) is 19.4 Å². The van der Waals surface area contributed by atoms with E-state index in [1.54, 1.807) is 0 Å². The lowest BCUT2D eigenvalue weighted by Crippen LogP contribution is -2.56. The normalized spacial score (nSPS) is 43.0. The van der Waals surface area contributed by atoms with Crippen LogP contribution >= 0.6 is 0 Å². The Balaban J connectivity index is 1.58. The van der Waals surface area contributed by atoms with Crippen LogP contribution in [-0.2, 0) is 14.3 Å². The van der Waals surface area contributed by atoms with Crippen LogP contribution in [0, 0.1) is 34.5 Å². The Bertz CT molecular complexity index is 742. The van der Waals surface area contributed by atoms with Gasteiger partial charge in [-0.2, -0.15) is 0 Å². The van der Waals surface area contributed by atoms with Crippen LogP contribution in [0.4, 0.5) is 0 Å². The van der Waals surface area contributed by atoms with Gasteiger partial charge in [0.25, 0.3) is 0 Å². The zero-order valence-electron chi connectivity index (χ0n) is 17.7. The lowest BCUT2D eigenvalue weighted by Gasteiger charge is -2.58. The number of allylic oxidation sites excluding steroid dienone is 1. The number of aliphatic hydroxyl groups excluding tert-OH is 1. The van der Waals surface area contributed by atoms with Crippen molar-refractivity contribution in [1.29, 1.82) is 0 Å². The summed E-state index contributed by atoms with van der Waals surface area (Å²) in [6, 6.07) is 0. The summed E-state index contributed by atoms with van der Waals surface area (Å²) in [6.45, 7) is 5.59. The van der Waals surface area contributed by atoms with Crippen LogP contribution in [0.2, 0.25) is 0 Å². The van der Waals surface area contributed by atoms with Gasteiger partial charge in [-0.15, -0.1) is 0 Å². The number of aliphatic hydroxyl groups is 3. The van der Waals surface area contributed by atoms with Crippen molar-refractivity contribution < 1.29 is 29.6 Å². The number of hydrogen-bond acceptors (Lipinski definition) is 6. The number of carbonyl (C=O) groups excluding carboxylic acids is 2. The van der Waals surface area contributed by atoms with Crippen LogP contribution in [0.3, 0.4) is 0 Å². The molecule has 4 aliphatic rings. The summed E-state index contributed by atoms with van der Waals surface area (Å²) in [7, 11) is 0. The minimum atomic E-state index is -2.86. The SMILES string of the molecule is CC(=O)OC(O)(O)C(O)[C@H]1CC[C@H]2[C@@H]3CCC4=CC(=O)CC[C@]4(C)[C@H]3CC[C@]12C. The van der Waals surface area contributed by atoms with Crippen molar-refractivity contribution in [3.8, 4) is 0 Å². The summed E-state index contributed by atoms with van der Waals surface area (Å²) in [5.74, 6) is -2.32. The second-order valence-corrected chi connectivity index (χ2v) is 10.4. The van der Waals surface area contributed by atoms with Crippen LogP contribution in [0.5, 0.6) is 0 Å². The fourth-order valence-electron chi connectivity index (χ4n) is 7.65. The van der Waals surface area contributed by atoms with Gasteiger partial charge in [0, 0.05) is 13.3 Å². The van der Waals surface area contributed by atoms with E-state index in [9.17, 15) is 24.9 Å². The fourth-order valence-corrected chi connectivity index (χ4v) is 7.65. The maximum Gasteiger partial charge on any atom is 0.351 e. The molecule has 0 heterocycles. The van der Waals surface area contributed by atoms with Crippen molar-refractivity contribution in [3.63, 3.8) is 0 Å². The molecule has 3 fully saturated rings. The molecule has 6 heteroatoms. The average Bonchev–Trinajstić information content (AvgIpc) is 2.97. The van der Waals surface area contributed by atoms with Gasteiger partial charge in [0.2, 0.25) is 0 Å². The van der Waals surface area contributed by atoms with Gasteiger partial charge in [-0.3, -0.25) is 9.59 Å². The molecule has 7 atom stereocenters. The molecule has 4 aliphatic carbocycles. The molecule has 6 nitrogen and oxygen atoms in total. The smallest absolute Gasteiger partial charge is 0.351 e. The molecule has 0 saturated heterocycles. The number of ketones is 1. The Morgan fingerprint density at radius 1 is 1.14 bits per heavy atom. The third kappa shape index (κ3) is 3.19. The summed E-state index contributed by atoms with van der Waals surface area (Å²) >= 11 is 0. The van der Waals surface area contributed by atoms with Crippen molar-refractivity contribution in [2.45, 2.75) is 84.2 Å². The monoisotopic (exact) mass is 406 g/mol. The van der Waals surface area contributed by atoms with E-state index >= 15 is 0 Å². The zero-order valence-corrected chi connectivity index (χ0v) is 17.7. The molecule has 0 aromatic carbocycles. The van der Waals surface area contributed by atoms with Gasteiger partial charge in [-0.25, -0.2) is 0 Å². The second-order valence-electron chi connectivity index (χ2n) is 10.4. The van der Waals surface area contributed by atoms with E-state index in [-0.39, 0.29) is 22.5 Å². The van der Waals surface area contributed by atoms with Crippen LogP contribution in [-0.4, -0.2) is 39.1 Å². The molecule has 162 valence electrons. The minimum absolute atomic E-state index is 0.0876. The van der Waals surface area contributed by atoms with Crippen molar-refractivity contribution in [3.05, 3.63) is 11.6 Å². The molecule has 4 rings (SSSR count). The summed E-state index contributed by atoms with van der Waals surface area (Å²) in [5, 5.41) is 31.2. The van der Waals surface area contributed by atoms with Crippen molar-refractivity contribution in [2.24, 2.45) is 34.5 Å². The first kappa shape index (κ1) is 21.0. The zero-order chi connectivity index (χ0) is 21.2. The Hall–Kier alpha value is -1.24. The Morgan fingerprint density at radius 2 is 1.86 bits per heavy atom. The van der Waals surface area contributed by atoms with E-state index < -0.39 is 18.0 Å². The molecular weight excluding hydrogens is 372 g/mol. The molecule has 0 bridgehead atoms. The first-order valence-electron chi connectivity index (χ1n) is 11.1. The van der Waals surface area contributed by atoms with Gasteiger partial charge >= 0.3 is 11.9 Å². The number of esters is 1. The number of ether oxygens (including phenoxy) is 1. The molecule has 0 spiro atoms. The van der Waals surface area contributed by atoms with E-state index in [0.29, 0.717) is 30.6 Å². The van der Waals surface area contributed by atoms with E-state index in [1.165, 1.54) is 5.57 Å². The highest BCUT2D eigenvalue weighted by Crippen LogP contribution is 2.67. The van der Waals surface area contributed by atoms with Crippen LogP contribution < -0.4 is 0 Å². The predicted molar refractivity (Wildman–Crippen MR) is 105 cm³/mol. The molecular formula is C23H34O6. The predicted octanol–water partition coefficient (Wildman–Crippen LogP) is 2.70. The van der Waals surface area contributed by atoms with E-state index in [0.717, 1.165) is 45.4 Å². The molecule has 0 aromatic heterocycles. The third-order valence-electron chi connectivity index (χ3n) is 9.10. The molecule has 0 aliphatic heterocycles. The number of fused-ring (bicyclic) bond motifs is 5. The van der Waals surface area contributed by atoms with Gasteiger partial charge in [0.15, 0.2) is 11.9 Å². The maximum atomic E-state index is 12.0. The highest BCUT2D eigenvalue weighted by molar-refractivity contribution is 5.91. The summed E-state index contributed by atoms with van der Waals surface area (Å²) in [6.07, 6.45) is 7.48. The third-order valence-corrected chi connectivity index (χ3v) is 9.10. The van der Waals surface area contributed by atoms with Crippen molar-refractivity contribution in [2.75, 3.05) is 0 Å². The highest BCUT2D eigenvalue weighted by atomic mass is 16.8. The Kier molecular flexibility index (Phi) is 4.99. The number of carbonyl (C=O) groups is 2. The lowest BCUT2D eigenvalue weighted by atomic mass is 9.46. The molecule has 1 unspecified atom stereocenters. The standard InChI is InChI=1S/C23H34O6/c1-13(24)29-23(27,28)20(26)19-7-6-17-16-5-4-14-12-15(25)8-10-21(14,2)18(16)9-11-22(17,19)3/h12,16-20,26-28H,4-11H2,1-3H3/t16-,17-,18-,19+,20?,21-,22-/m0/s1.